The molecule has 1 unspecified atom stereocenters. The van der Waals surface area contributed by atoms with Crippen molar-refractivity contribution >= 4 is 11.5 Å². The van der Waals surface area contributed by atoms with E-state index in [2.05, 4.69) is 28.8 Å². The van der Waals surface area contributed by atoms with Gasteiger partial charge in [-0.25, -0.2) is 0 Å². The van der Waals surface area contributed by atoms with Crippen molar-refractivity contribution in [2.24, 2.45) is 0 Å². The highest BCUT2D eigenvalue weighted by molar-refractivity contribution is 7.05. The molecule has 0 saturated carbocycles. The van der Waals surface area contributed by atoms with Crippen molar-refractivity contribution < 1.29 is 4.42 Å². The maximum Gasteiger partial charge on any atom is 0.126 e. The van der Waals surface area contributed by atoms with E-state index in [0.717, 1.165) is 16.3 Å². The lowest BCUT2D eigenvalue weighted by atomic mass is 10.0. The highest BCUT2D eigenvalue weighted by Crippen LogP contribution is 2.30. The van der Waals surface area contributed by atoms with Crippen molar-refractivity contribution in [1.29, 1.82) is 0 Å². The Balaban J connectivity index is 2.37. The van der Waals surface area contributed by atoms with Crippen LogP contribution < -0.4 is 5.32 Å². The summed E-state index contributed by atoms with van der Waals surface area (Å²) in [5, 5.41) is 7.42. The maximum absolute atomic E-state index is 5.43. The predicted octanol–water partition coefficient (Wildman–Crippen LogP) is 2.56. The minimum atomic E-state index is 0.0485. The molecule has 0 spiro atoms. The molecule has 0 aliphatic rings. The van der Waals surface area contributed by atoms with Crippen molar-refractivity contribution in [3.05, 3.63) is 34.7 Å². The maximum atomic E-state index is 5.43. The van der Waals surface area contributed by atoms with Crippen LogP contribution in [-0.2, 0) is 0 Å². The van der Waals surface area contributed by atoms with Crippen LogP contribution in [0.2, 0.25) is 0 Å². The second-order valence-electron chi connectivity index (χ2n) is 3.91. The van der Waals surface area contributed by atoms with Gasteiger partial charge in [0.05, 0.1) is 16.8 Å². The highest BCUT2D eigenvalue weighted by atomic mass is 32.1. The van der Waals surface area contributed by atoms with Crippen molar-refractivity contribution in [2.45, 2.75) is 25.8 Å². The standard InChI is InChI=1S/C11H15N3OS/c1-7(2)9-11(16-14-13-9)10(12-3)8-5-4-6-15-8/h4-7,10,12H,1-3H3. The Morgan fingerprint density at radius 3 is 2.81 bits per heavy atom. The number of aromatic nitrogens is 2. The second kappa shape index (κ2) is 4.76. The molecule has 0 aromatic carbocycles. The molecule has 1 N–H and O–H groups in total. The molecule has 0 fully saturated rings. The van der Waals surface area contributed by atoms with Crippen molar-refractivity contribution in [2.75, 3.05) is 7.05 Å². The van der Waals surface area contributed by atoms with Crippen LogP contribution >= 0.6 is 11.5 Å². The largest absolute Gasteiger partial charge is 0.467 e. The Kier molecular flexibility index (Phi) is 3.36. The summed E-state index contributed by atoms with van der Waals surface area (Å²) < 4.78 is 9.47. The predicted molar refractivity (Wildman–Crippen MR) is 63.6 cm³/mol. The van der Waals surface area contributed by atoms with Gasteiger partial charge in [-0.2, -0.15) is 0 Å². The van der Waals surface area contributed by atoms with E-state index in [1.54, 1.807) is 6.26 Å². The third kappa shape index (κ3) is 2.01. The molecule has 0 aliphatic carbocycles. The van der Waals surface area contributed by atoms with Gasteiger partial charge in [0.15, 0.2) is 0 Å². The SMILES string of the molecule is CNC(c1ccco1)c1snnc1C(C)C. The fraction of sp³-hybridized carbons (Fsp3) is 0.455. The zero-order valence-electron chi connectivity index (χ0n) is 9.60. The van der Waals surface area contributed by atoms with Gasteiger partial charge in [-0.1, -0.05) is 18.3 Å². The van der Waals surface area contributed by atoms with Gasteiger partial charge in [-0.3, -0.25) is 0 Å². The Hall–Kier alpha value is -1.20. The molecule has 4 nitrogen and oxygen atoms in total. The molecule has 5 heteroatoms. The van der Waals surface area contributed by atoms with Crippen molar-refractivity contribution in [1.82, 2.24) is 14.9 Å². The van der Waals surface area contributed by atoms with E-state index in [9.17, 15) is 0 Å². The van der Waals surface area contributed by atoms with Crippen LogP contribution in [0.5, 0.6) is 0 Å². The number of nitrogens with one attached hydrogen (secondary N) is 1. The van der Waals surface area contributed by atoms with Gasteiger partial charge < -0.3 is 9.73 Å². The van der Waals surface area contributed by atoms with E-state index in [0.29, 0.717) is 5.92 Å². The minimum Gasteiger partial charge on any atom is -0.467 e. The lowest BCUT2D eigenvalue weighted by Gasteiger charge is -2.13. The highest BCUT2D eigenvalue weighted by Gasteiger charge is 2.23. The molecule has 16 heavy (non-hydrogen) atoms. The van der Waals surface area contributed by atoms with E-state index in [1.165, 1.54) is 11.5 Å². The van der Waals surface area contributed by atoms with Crippen molar-refractivity contribution in [3.63, 3.8) is 0 Å². The summed E-state index contributed by atoms with van der Waals surface area (Å²) >= 11 is 1.43. The smallest absolute Gasteiger partial charge is 0.126 e. The summed E-state index contributed by atoms with van der Waals surface area (Å²) in [5.74, 6) is 1.27. The first-order chi connectivity index (χ1) is 7.74. The third-order valence-electron chi connectivity index (χ3n) is 2.47. The van der Waals surface area contributed by atoms with Crippen LogP contribution in [0.15, 0.2) is 22.8 Å². The monoisotopic (exact) mass is 237 g/mol. The molecular formula is C11H15N3OS. The summed E-state index contributed by atoms with van der Waals surface area (Å²) in [7, 11) is 1.91. The summed E-state index contributed by atoms with van der Waals surface area (Å²) in [6, 6.07) is 3.90. The molecule has 0 aliphatic heterocycles. The average molecular weight is 237 g/mol. The number of nitrogens with zero attached hydrogens (tertiary/aromatic N) is 2. The molecule has 2 heterocycles. The van der Waals surface area contributed by atoms with Gasteiger partial charge in [0.2, 0.25) is 0 Å². The number of rotatable bonds is 4. The van der Waals surface area contributed by atoms with Crippen LogP contribution in [0.3, 0.4) is 0 Å². The molecule has 0 saturated heterocycles. The fourth-order valence-corrected chi connectivity index (χ4v) is 2.59. The molecule has 86 valence electrons. The zero-order valence-corrected chi connectivity index (χ0v) is 10.4. The molecule has 0 amide bonds. The Labute approximate surface area is 98.8 Å². The molecule has 2 aromatic heterocycles. The number of hydrogen-bond donors (Lipinski definition) is 1. The molecule has 2 aromatic rings. The van der Waals surface area contributed by atoms with Gasteiger partial charge in [0.25, 0.3) is 0 Å². The van der Waals surface area contributed by atoms with E-state index >= 15 is 0 Å². The van der Waals surface area contributed by atoms with E-state index < -0.39 is 0 Å². The van der Waals surface area contributed by atoms with Crippen LogP contribution in [0.1, 0.15) is 42.1 Å². The molecular weight excluding hydrogens is 222 g/mol. The Bertz CT molecular complexity index is 436. The van der Waals surface area contributed by atoms with E-state index in [1.807, 2.05) is 19.2 Å². The Morgan fingerprint density at radius 2 is 2.25 bits per heavy atom. The van der Waals surface area contributed by atoms with Crippen LogP contribution in [0.4, 0.5) is 0 Å². The van der Waals surface area contributed by atoms with Gasteiger partial charge >= 0.3 is 0 Å². The van der Waals surface area contributed by atoms with Crippen LogP contribution in [-0.4, -0.2) is 16.6 Å². The quantitative estimate of drug-likeness (QED) is 0.888. The topological polar surface area (TPSA) is 51.0 Å². The minimum absolute atomic E-state index is 0.0485. The fourth-order valence-electron chi connectivity index (χ4n) is 1.66. The summed E-state index contributed by atoms with van der Waals surface area (Å²) in [6.45, 7) is 4.24. The number of furan rings is 1. The zero-order chi connectivity index (χ0) is 11.5. The lowest BCUT2D eigenvalue weighted by Crippen LogP contribution is -2.17. The van der Waals surface area contributed by atoms with Crippen LogP contribution in [0.25, 0.3) is 0 Å². The van der Waals surface area contributed by atoms with E-state index in [4.69, 9.17) is 4.42 Å². The second-order valence-corrected chi connectivity index (χ2v) is 4.70. The Morgan fingerprint density at radius 1 is 1.44 bits per heavy atom. The van der Waals surface area contributed by atoms with Gasteiger partial charge in [0.1, 0.15) is 11.8 Å². The summed E-state index contributed by atoms with van der Waals surface area (Å²) in [6.07, 6.45) is 1.68. The van der Waals surface area contributed by atoms with Gasteiger partial charge in [-0.15, -0.1) is 5.10 Å². The number of hydrogen-bond acceptors (Lipinski definition) is 5. The molecule has 0 bridgehead atoms. The van der Waals surface area contributed by atoms with Crippen molar-refractivity contribution in [3.8, 4) is 0 Å². The molecule has 0 radical (unpaired) electrons. The normalized spacial score (nSPS) is 13.2. The molecule has 1 atom stereocenters. The van der Waals surface area contributed by atoms with Gasteiger partial charge in [0, 0.05) is 0 Å². The van der Waals surface area contributed by atoms with E-state index in [-0.39, 0.29) is 6.04 Å². The third-order valence-corrected chi connectivity index (χ3v) is 3.27. The summed E-state index contributed by atoms with van der Waals surface area (Å²) in [5.41, 5.74) is 1.04. The summed E-state index contributed by atoms with van der Waals surface area (Å²) in [4.78, 5) is 1.13. The van der Waals surface area contributed by atoms with Crippen LogP contribution in [0, 0.1) is 0 Å². The average Bonchev–Trinajstić information content (AvgIpc) is 2.88. The first-order valence-corrected chi connectivity index (χ1v) is 6.04. The first kappa shape index (κ1) is 11.3. The van der Waals surface area contributed by atoms with Gasteiger partial charge in [-0.05, 0) is 36.6 Å². The molecule has 2 rings (SSSR count). The first-order valence-electron chi connectivity index (χ1n) is 5.26. The lowest BCUT2D eigenvalue weighted by molar-refractivity contribution is 0.464.